The van der Waals surface area contributed by atoms with Crippen LogP contribution in [-0.4, -0.2) is 30.0 Å². The van der Waals surface area contributed by atoms with E-state index in [1.165, 1.54) is 7.11 Å². The lowest BCUT2D eigenvalue weighted by atomic mass is 9.89. The SMILES string of the molecule is COC(=O)c1ccc(-c2ccc3c(c2)[C@H](Nc2ccccn2)C[C@@H](C)N3C(C)=O)cc1. The number of nitrogens with zero attached hydrogens (tertiary/aromatic N) is 2. The van der Waals surface area contributed by atoms with Crippen LogP contribution in [0.2, 0.25) is 0 Å². The molecule has 3 aromatic rings. The Balaban J connectivity index is 1.74. The second-order valence-electron chi connectivity index (χ2n) is 7.73. The largest absolute Gasteiger partial charge is 0.465 e. The summed E-state index contributed by atoms with van der Waals surface area (Å²) in [5.41, 5.74) is 4.47. The van der Waals surface area contributed by atoms with Gasteiger partial charge in [-0.1, -0.05) is 24.3 Å². The fraction of sp³-hybridized carbons (Fsp3) is 0.240. The maximum atomic E-state index is 12.4. The van der Waals surface area contributed by atoms with Crippen molar-refractivity contribution in [3.8, 4) is 11.1 Å². The highest BCUT2D eigenvalue weighted by Gasteiger charge is 2.32. The number of aromatic nitrogens is 1. The Bertz CT molecular complexity index is 1100. The van der Waals surface area contributed by atoms with Crippen LogP contribution in [0.4, 0.5) is 11.5 Å². The van der Waals surface area contributed by atoms with Crippen LogP contribution in [0.25, 0.3) is 11.1 Å². The normalized spacial score (nSPS) is 17.6. The lowest BCUT2D eigenvalue weighted by Gasteiger charge is -2.39. The zero-order valence-corrected chi connectivity index (χ0v) is 17.8. The Labute approximate surface area is 181 Å². The number of methoxy groups -OCH3 is 1. The Morgan fingerprint density at radius 2 is 1.81 bits per heavy atom. The number of benzene rings is 2. The number of amides is 1. The van der Waals surface area contributed by atoms with E-state index < -0.39 is 0 Å². The summed E-state index contributed by atoms with van der Waals surface area (Å²) in [6.45, 7) is 3.67. The van der Waals surface area contributed by atoms with Gasteiger partial charge in [-0.3, -0.25) is 4.79 Å². The first-order valence-electron chi connectivity index (χ1n) is 10.3. The van der Waals surface area contributed by atoms with Crippen molar-refractivity contribution in [2.75, 3.05) is 17.3 Å². The molecule has 0 bridgehead atoms. The van der Waals surface area contributed by atoms with Crippen LogP contribution in [0.3, 0.4) is 0 Å². The fourth-order valence-corrected chi connectivity index (χ4v) is 4.20. The van der Waals surface area contributed by atoms with Gasteiger partial charge in [0.2, 0.25) is 5.91 Å². The van der Waals surface area contributed by atoms with E-state index in [1.807, 2.05) is 47.4 Å². The summed E-state index contributed by atoms with van der Waals surface area (Å²) >= 11 is 0. The summed E-state index contributed by atoms with van der Waals surface area (Å²) in [6.07, 6.45) is 2.53. The van der Waals surface area contributed by atoms with E-state index in [2.05, 4.69) is 23.3 Å². The molecule has 4 rings (SSSR count). The van der Waals surface area contributed by atoms with E-state index in [0.717, 1.165) is 34.6 Å². The number of ether oxygens (including phenoxy) is 1. The van der Waals surface area contributed by atoms with Crippen molar-refractivity contribution < 1.29 is 14.3 Å². The number of rotatable bonds is 4. The molecule has 0 spiro atoms. The number of pyridine rings is 1. The van der Waals surface area contributed by atoms with E-state index >= 15 is 0 Å². The van der Waals surface area contributed by atoms with Crippen LogP contribution in [0.1, 0.15) is 42.2 Å². The van der Waals surface area contributed by atoms with E-state index in [0.29, 0.717) is 5.56 Å². The molecule has 0 unspecified atom stereocenters. The first-order valence-corrected chi connectivity index (χ1v) is 10.3. The number of esters is 1. The lowest BCUT2D eigenvalue weighted by Crippen LogP contribution is -2.43. The number of carbonyl (C=O) groups excluding carboxylic acids is 2. The van der Waals surface area contributed by atoms with Crippen LogP contribution in [-0.2, 0) is 9.53 Å². The second kappa shape index (κ2) is 8.60. The molecule has 1 N–H and O–H groups in total. The van der Waals surface area contributed by atoms with Gasteiger partial charge in [-0.2, -0.15) is 0 Å². The summed E-state index contributed by atoms with van der Waals surface area (Å²) < 4.78 is 4.78. The minimum atomic E-state index is -0.359. The average molecular weight is 415 g/mol. The van der Waals surface area contributed by atoms with Gasteiger partial charge in [0.05, 0.1) is 18.7 Å². The van der Waals surface area contributed by atoms with Gasteiger partial charge < -0.3 is 15.0 Å². The molecule has 1 amide bonds. The molecule has 31 heavy (non-hydrogen) atoms. The van der Waals surface area contributed by atoms with Crippen LogP contribution in [0, 0.1) is 0 Å². The zero-order valence-electron chi connectivity index (χ0n) is 17.8. The molecule has 0 fully saturated rings. The maximum Gasteiger partial charge on any atom is 0.337 e. The third kappa shape index (κ3) is 4.14. The van der Waals surface area contributed by atoms with Crippen molar-refractivity contribution in [3.05, 3.63) is 78.0 Å². The Morgan fingerprint density at radius 3 is 2.45 bits per heavy atom. The quantitative estimate of drug-likeness (QED) is 0.618. The van der Waals surface area contributed by atoms with Crippen LogP contribution < -0.4 is 10.2 Å². The van der Waals surface area contributed by atoms with Gasteiger partial charge in [-0.05, 0) is 66.4 Å². The number of nitrogens with one attached hydrogen (secondary N) is 1. The van der Waals surface area contributed by atoms with Gasteiger partial charge in [0.1, 0.15) is 5.82 Å². The summed E-state index contributed by atoms with van der Waals surface area (Å²) in [6, 6.07) is 19.3. The minimum Gasteiger partial charge on any atom is -0.465 e. The third-order valence-electron chi connectivity index (χ3n) is 5.65. The van der Waals surface area contributed by atoms with Gasteiger partial charge in [-0.25, -0.2) is 9.78 Å². The molecule has 1 aliphatic heterocycles. The molecule has 0 aliphatic carbocycles. The number of carbonyl (C=O) groups is 2. The lowest BCUT2D eigenvalue weighted by molar-refractivity contribution is -0.117. The maximum absolute atomic E-state index is 12.4. The smallest absolute Gasteiger partial charge is 0.337 e. The van der Waals surface area contributed by atoms with Crippen LogP contribution in [0.5, 0.6) is 0 Å². The molecule has 0 saturated carbocycles. The second-order valence-corrected chi connectivity index (χ2v) is 7.73. The van der Waals surface area contributed by atoms with E-state index in [4.69, 9.17) is 4.74 Å². The van der Waals surface area contributed by atoms with Crippen molar-refractivity contribution in [2.45, 2.75) is 32.4 Å². The summed E-state index contributed by atoms with van der Waals surface area (Å²) in [5.74, 6) is 0.470. The van der Waals surface area contributed by atoms with Crippen molar-refractivity contribution in [1.29, 1.82) is 0 Å². The highest BCUT2D eigenvalue weighted by molar-refractivity contribution is 5.94. The Hall–Kier alpha value is -3.67. The zero-order chi connectivity index (χ0) is 22.0. The standard InChI is InChI=1S/C25H25N3O3/c1-16-14-22(27-24-6-4-5-13-26-24)21-15-20(11-12-23(21)28(16)17(2)29)18-7-9-19(10-8-18)25(30)31-3/h4-13,15-16,22H,14H2,1-3H3,(H,26,27)/t16-,22-/m1/s1. The Kier molecular flexibility index (Phi) is 5.71. The molecular formula is C25H25N3O3. The van der Waals surface area contributed by atoms with Crippen molar-refractivity contribution in [3.63, 3.8) is 0 Å². The van der Waals surface area contributed by atoms with Gasteiger partial charge in [-0.15, -0.1) is 0 Å². The molecular weight excluding hydrogens is 390 g/mol. The highest BCUT2D eigenvalue weighted by Crippen LogP contribution is 2.41. The third-order valence-corrected chi connectivity index (χ3v) is 5.65. The summed E-state index contributed by atoms with van der Waals surface area (Å²) in [4.78, 5) is 30.4. The topological polar surface area (TPSA) is 71.5 Å². The summed E-state index contributed by atoms with van der Waals surface area (Å²) in [7, 11) is 1.37. The fourth-order valence-electron chi connectivity index (χ4n) is 4.20. The van der Waals surface area contributed by atoms with Crippen LogP contribution >= 0.6 is 0 Å². The molecule has 0 saturated heterocycles. The predicted molar refractivity (Wildman–Crippen MR) is 121 cm³/mol. The highest BCUT2D eigenvalue weighted by atomic mass is 16.5. The number of anilines is 2. The first kappa shape index (κ1) is 20.6. The van der Waals surface area contributed by atoms with E-state index in [-0.39, 0.29) is 24.0 Å². The van der Waals surface area contributed by atoms with Gasteiger partial charge in [0.15, 0.2) is 0 Å². The van der Waals surface area contributed by atoms with Gasteiger partial charge in [0.25, 0.3) is 0 Å². The monoisotopic (exact) mass is 415 g/mol. The molecule has 158 valence electrons. The van der Waals surface area contributed by atoms with Crippen molar-refractivity contribution in [2.24, 2.45) is 0 Å². The molecule has 2 aromatic carbocycles. The number of fused-ring (bicyclic) bond motifs is 1. The molecule has 2 heterocycles. The van der Waals surface area contributed by atoms with Crippen LogP contribution in [0.15, 0.2) is 66.9 Å². The predicted octanol–water partition coefficient (Wildman–Crippen LogP) is 4.83. The average Bonchev–Trinajstić information content (AvgIpc) is 2.79. The number of hydrogen-bond donors (Lipinski definition) is 1. The first-order chi connectivity index (χ1) is 15.0. The molecule has 1 aromatic heterocycles. The van der Waals surface area contributed by atoms with E-state index in [9.17, 15) is 9.59 Å². The molecule has 6 nitrogen and oxygen atoms in total. The summed E-state index contributed by atoms with van der Waals surface area (Å²) in [5, 5.41) is 3.53. The minimum absolute atomic E-state index is 0.0183. The van der Waals surface area contributed by atoms with Gasteiger partial charge >= 0.3 is 5.97 Å². The van der Waals surface area contributed by atoms with Gasteiger partial charge in [0, 0.05) is 24.8 Å². The van der Waals surface area contributed by atoms with E-state index in [1.54, 1.807) is 25.3 Å². The molecule has 0 radical (unpaired) electrons. The molecule has 1 aliphatic rings. The molecule has 6 heteroatoms. The molecule has 2 atom stereocenters. The van der Waals surface area contributed by atoms with Crippen molar-refractivity contribution >= 4 is 23.4 Å². The Morgan fingerprint density at radius 1 is 1.06 bits per heavy atom. The van der Waals surface area contributed by atoms with Crippen molar-refractivity contribution in [1.82, 2.24) is 4.98 Å². The number of hydrogen-bond acceptors (Lipinski definition) is 5.